The summed E-state index contributed by atoms with van der Waals surface area (Å²) in [6.45, 7) is 0.716. The molecule has 0 bridgehead atoms. The Morgan fingerprint density at radius 1 is 1.41 bits per heavy atom. The molecule has 0 radical (unpaired) electrons. The first-order chi connectivity index (χ1) is 8.27. The standard InChI is InChI=1S/C14H20N2O/c17-14(7-3-8-14)10-16-12-6-1-4-11-5-2-9-15-13(11)12/h2,5,9,12,16-17H,1,3-4,6-8,10H2. The Hall–Kier alpha value is -0.930. The van der Waals surface area contributed by atoms with Crippen molar-refractivity contribution >= 4 is 0 Å². The molecule has 3 rings (SSSR count). The minimum absolute atomic E-state index is 0.338. The molecule has 1 atom stereocenters. The Morgan fingerprint density at radius 3 is 3.06 bits per heavy atom. The van der Waals surface area contributed by atoms with E-state index in [0.29, 0.717) is 12.6 Å². The summed E-state index contributed by atoms with van der Waals surface area (Å²) in [5.41, 5.74) is 2.13. The van der Waals surface area contributed by atoms with Crippen molar-refractivity contribution in [3.8, 4) is 0 Å². The molecular formula is C14H20N2O. The molecule has 2 N–H and O–H groups in total. The van der Waals surface area contributed by atoms with Crippen LogP contribution in [0.25, 0.3) is 0 Å². The van der Waals surface area contributed by atoms with Crippen molar-refractivity contribution in [3.05, 3.63) is 29.6 Å². The van der Waals surface area contributed by atoms with Crippen LogP contribution in [-0.4, -0.2) is 22.2 Å². The van der Waals surface area contributed by atoms with E-state index in [1.807, 2.05) is 12.3 Å². The van der Waals surface area contributed by atoms with Crippen LogP contribution >= 0.6 is 0 Å². The van der Waals surface area contributed by atoms with E-state index in [2.05, 4.69) is 16.4 Å². The molecule has 92 valence electrons. The van der Waals surface area contributed by atoms with Crippen LogP contribution in [0.5, 0.6) is 0 Å². The topological polar surface area (TPSA) is 45.1 Å². The molecule has 0 spiro atoms. The van der Waals surface area contributed by atoms with Crippen LogP contribution in [0.3, 0.4) is 0 Å². The van der Waals surface area contributed by atoms with Crippen molar-refractivity contribution in [3.63, 3.8) is 0 Å². The lowest BCUT2D eigenvalue weighted by Crippen LogP contribution is -2.47. The van der Waals surface area contributed by atoms with Gasteiger partial charge in [0, 0.05) is 18.8 Å². The lowest BCUT2D eigenvalue weighted by Gasteiger charge is -2.38. The first-order valence-corrected chi connectivity index (χ1v) is 6.66. The Bertz CT molecular complexity index is 401. The molecule has 0 saturated heterocycles. The van der Waals surface area contributed by atoms with Crippen molar-refractivity contribution < 1.29 is 5.11 Å². The second kappa shape index (κ2) is 4.39. The fourth-order valence-electron chi connectivity index (χ4n) is 2.88. The van der Waals surface area contributed by atoms with Gasteiger partial charge >= 0.3 is 0 Å². The fraction of sp³-hybridized carbons (Fsp3) is 0.643. The maximum absolute atomic E-state index is 10.1. The highest BCUT2D eigenvalue weighted by Gasteiger charge is 2.35. The lowest BCUT2D eigenvalue weighted by molar-refractivity contribution is -0.0337. The summed E-state index contributed by atoms with van der Waals surface area (Å²) >= 11 is 0. The summed E-state index contributed by atoms with van der Waals surface area (Å²) in [4.78, 5) is 4.50. The molecule has 0 aliphatic heterocycles. The molecule has 0 amide bonds. The molecule has 3 nitrogen and oxygen atoms in total. The predicted octanol–water partition coefficient (Wildman–Crippen LogP) is 1.96. The van der Waals surface area contributed by atoms with Gasteiger partial charge in [-0.25, -0.2) is 0 Å². The van der Waals surface area contributed by atoms with Crippen LogP contribution < -0.4 is 5.32 Å². The van der Waals surface area contributed by atoms with Gasteiger partial charge in [0.25, 0.3) is 0 Å². The zero-order valence-corrected chi connectivity index (χ0v) is 10.2. The Kier molecular flexibility index (Phi) is 2.89. The summed E-state index contributed by atoms with van der Waals surface area (Å²) in [5, 5.41) is 13.6. The van der Waals surface area contributed by atoms with E-state index in [4.69, 9.17) is 0 Å². The summed E-state index contributed by atoms with van der Waals surface area (Å²) in [5.74, 6) is 0. The van der Waals surface area contributed by atoms with Gasteiger partial charge in [-0.2, -0.15) is 0 Å². The molecule has 1 fully saturated rings. The molecule has 1 aromatic rings. The highest BCUT2D eigenvalue weighted by Crippen LogP contribution is 2.33. The van der Waals surface area contributed by atoms with E-state index in [0.717, 1.165) is 32.1 Å². The normalized spacial score (nSPS) is 26.1. The SMILES string of the molecule is OC1(CNC2CCCc3cccnc32)CCC1. The number of pyridine rings is 1. The summed E-state index contributed by atoms with van der Waals surface area (Å²) in [7, 11) is 0. The van der Waals surface area contributed by atoms with E-state index in [-0.39, 0.29) is 0 Å². The van der Waals surface area contributed by atoms with Crippen LogP contribution in [0.15, 0.2) is 18.3 Å². The predicted molar refractivity (Wildman–Crippen MR) is 66.7 cm³/mol. The highest BCUT2D eigenvalue weighted by molar-refractivity contribution is 5.25. The first kappa shape index (κ1) is 11.2. The van der Waals surface area contributed by atoms with Crippen molar-refractivity contribution in [2.24, 2.45) is 0 Å². The Morgan fingerprint density at radius 2 is 2.29 bits per heavy atom. The number of aromatic nitrogens is 1. The smallest absolute Gasteiger partial charge is 0.0771 e. The monoisotopic (exact) mass is 232 g/mol. The first-order valence-electron chi connectivity index (χ1n) is 6.66. The third kappa shape index (κ3) is 2.22. The average molecular weight is 232 g/mol. The van der Waals surface area contributed by atoms with E-state index in [1.54, 1.807) is 0 Å². The number of aliphatic hydroxyl groups is 1. The van der Waals surface area contributed by atoms with Crippen LogP contribution in [-0.2, 0) is 6.42 Å². The minimum atomic E-state index is -0.438. The van der Waals surface area contributed by atoms with E-state index in [1.165, 1.54) is 17.7 Å². The van der Waals surface area contributed by atoms with Crippen molar-refractivity contribution in [2.45, 2.75) is 50.2 Å². The second-order valence-corrected chi connectivity index (χ2v) is 5.45. The fourth-order valence-corrected chi connectivity index (χ4v) is 2.88. The van der Waals surface area contributed by atoms with Gasteiger partial charge in [-0.15, -0.1) is 0 Å². The van der Waals surface area contributed by atoms with Gasteiger partial charge < -0.3 is 10.4 Å². The molecule has 17 heavy (non-hydrogen) atoms. The third-order valence-electron chi connectivity index (χ3n) is 4.16. The summed E-state index contributed by atoms with van der Waals surface area (Å²) in [6.07, 6.45) is 8.43. The average Bonchev–Trinajstić information content (AvgIpc) is 2.34. The van der Waals surface area contributed by atoms with Crippen molar-refractivity contribution in [2.75, 3.05) is 6.54 Å². The van der Waals surface area contributed by atoms with Gasteiger partial charge in [-0.05, 0) is 50.2 Å². The van der Waals surface area contributed by atoms with Crippen LogP contribution in [0.4, 0.5) is 0 Å². The van der Waals surface area contributed by atoms with Crippen molar-refractivity contribution in [1.82, 2.24) is 10.3 Å². The number of fused-ring (bicyclic) bond motifs is 1. The number of aryl methyl sites for hydroxylation is 1. The van der Waals surface area contributed by atoms with Crippen LogP contribution in [0.1, 0.15) is 49.4 Å². The molecule has 1 unspecified atom stereocenters. The van der Waals surface area contributed by atoms with Crippen LogP contribution in [0, 0.1) is 0 Å². The number of rotatable bonds is 3. The molecule has 3 heteroatoms. The van der Waals surface area contributed by atoms with Gasteiger partial charge in [-0.1, -0.05) is 6.07 Å². The van der Waals surface area contributed by atoms with Gasteiger partial charge in [0.1, 0.15) is 0 Å². The van der Waals surface area contributed by atoms with E-state index in [9.17, 15) is 5.11 Å². The van der Waals surface area contributed by atoms with E-state index < -0.39 is 5.60 Å². The zero-order chi connectivity index (χ0) is 11.7. The number of nitrogens with one attached hydrogen (secondary N) is 1. The second-order valence-electron chi connectivity index (χ2n) is 5.45. The summed E-state index contributed by atoms with van der Waals surface area (Å²) in [6, 6.07) is 4.53. The number of nitrogens with zero attached hydrogens (tertiary/aromatic N) is 1. The molecule has 1 heterocycles. The highest BCUT2D eigenvalue weighted by atomic mass is 16.3. The number of hydrogen-bond donors (Lipinski definition) is 2. The van der Waals surface area contributed by atoms with Crippen molar-refractivity contribution in [1.29, 1.82) is 0 Å². The quantitative estimate of drug-likeness (QED) is 0.837. The number of hydrogen-bond acceptors (Lipinski definition) is 3. The van der Waals surface area contributed by atoms with E-state index >= 15 is 0 Å². The van der Waals surface area contributed by atoms with Gasteiger partial charge in [0.05, 0.1) is 11.3 Å². The maximum Gasteiger partial charge on any atom is 0.0771 e. The molecule has 0 aromatic carbocycles. The Labute approximate surface area is 102 Å². The maximum atomic E-state index is 10.1. The molecule has 1 aromatic heterocycles. The van der Waals surface area contributed by atoms with Gasteiger partial charge in [-0.3, -0.25) is 4.98 Å². The Balaban J connectivity index is 1.68. The molecule has 1 saturated carbocycles. The minimum Gasteiger partial charge on any atom is -0.389 e. The van der Waals surface area contributed by atoms with Gasteiger partial charge in [0.2, 0.25) is 0 Å². The third-order valence-corrected chi connectivity index (χ3v) is 4.16. The van der Waals surface area contributed by atoms with Crippen LogP contribution in [0.2, 0.25) is 0 Å². The zero-order valence-electron chi connectivity index (χ0n) is 10.2. The summed E-state index contributed by atoms with van der Waals surface area (Å²) < 4.78 is 0. The molecular weight excluding hydrogens is 212 g/mol. The molecule has 2 aliphatic rings. The molecule has 2 aliphatic carbocycles. The lowest BCUT2D eigenvalue weighted by atomic mass is 9.80. The van der Waals surface area contributed by atoms with Gasteiger partial charge in [0.15, 0.2) is 0 Å². The largest absolute Gasteiger partial charge is 0.389 e.